The summed E-state index contributed by atoms with van der Waals surface area (Å²) in [7, 11) is 0. The van der Waals surface area contributed by atoms with E-state index in [9.17, 15) is 10.1 Å². The second kappa shape index (κ2) is 9.52. The minimum Gasteiger partial charge on any atom is -0.363 e. The van der Waals surface area contributed by atoms with Gasteiger partial charge >= 0.3 is 0 Å². The van der Waals surface area contributed by atoms with E-state index in [1.807, 2.05) is 45.0 Å². The van der Waals surface area contributed by atoms with E-state index in [0.717, 1.165) is 41.8 Å². The minimum absolute atomic E-state index is 0.0235. The zero-order valence-electron chi connectivity index (χ0n) is 15.6. The number of aromatic nitrogens is 2. The Bertz CT molecular complexity index is 793. The van der Waals surface area contributed by atoms with Crippen molar-refractivity contribution < 1.29 is 4.79 Å². The Hall–Kier alpha value is -2.94. The Morgan fingerprint density at radius 3 is 2.42 bits per heavy atom. The quantitative estimate of drug-likeness (QED) is 0.754. The molecule has 0 radical (unpaired) electrons. The molecule has 136 valence electrons. The van der Waals surface area contributed by atoms with Crippen LogP contribution in [0.2, 0.25) is 0 Å². The van der Waals surface area contributed by atoms with E-state index in [1.165, 1.54) is 0 Å². The van der Waals surface area contributed by atoms with E-state index in [-0.39, 0.29) is 5.91 Å². The van der Waals surface area contributed by atoms with Crippen molar-refractivity contribution in [1.82, 2.24) is 10.2 Å². The van der Waals surface area contributed by atoms with Crippen molar-refractivity contribution in [2.24, 2.45) is 0 Å². The SMILES string of the molecule is CCCC(=O)Nc1ccc(CNc2nnc(CC)c(CC)c2C#N)cc1. The molecule has 0 saturated heterocycles. The van der Waals surface area contributed by atoms with Crippen LogP contribution in [0.15, 0.2) is 24.3 Å². The van der Waals surface area contributed by atoms with Crippen LogP contribution in [0.5, 0.6) is 0 Å². The lowest BCUT2D eigenvalue weighted by Gasteiger charge is -2.12. The Morgan fingerprint density at radius 2 is 1.85 bits per heavy atom. The van der Waals surface area contributed by atoms with Crippen molar-refractivity contribution in [3.8, 4) is 6.07 Å². The molecule has 2 rings (SSSR count). The number of anilines is 2. The van der Waals surface area contributed by atoms with Gasteiger partial charge in [-0.25, -0.2) is 0 Å². The van der Waals surface area contributed by atoms with E-state index in [1.54, 1.807) is 0 Å². The number of hydrogen-bond donors (Lipinski definition) is 2. The first-order chi connectivity index (χ1) is 12.6. The Labute approximate surface area is 154 Å². The van der Waals surface area contributed by atoms with E-state index < -0.39 is 0 Å². The maximum absolute atomic E-state index is 11.6. The van der Waals surface area contributed by atoms with Gasteiger partial charge in [-0.15, -0.1) is 5.10 Å². The molecule has 0 aliphatic rings. The zero-order chi connectivity index (χ0) is 18.9. The monoisotopic (exact) mass is 351 g/mol. The fourth-order valence-electron chi connectivity index (χ4n) is 2.76. The Kier molecular flexibility index (Phi) is 7.10. The topological polar surface area (TPSA) is 90.7 Å². The van der Waals surface area contributed by atoms with Gasteiger partial charge in [0.15, 0.2) is 5.82 Å². The molecule has 0 aliphatic heterocycles. The third-order valence-electron chi connectivity index (χ3n) is 4.13. The highest BCUT2D eigenvalue weighted by Gasteiger charge is 2.14. The van der Waals surface area contributed by atoms with Crippen LogP contribution < -0.4 is 10.6 Å². The molecule has 0 aliphatic carbocycles. The number of amides is 1. The van der Waals surface area contributed by atoms with E-state index in [0.29, 0.717) is 24.3 Å². The van der Waals surface area contributed by atoms with Gasteiger partial charge in [0, 0.05) is 18.7 Å². The molecule has 1 heterocycles. The number of aryl methyl sites for hydroxylation is 1. The molecular weight excluding hydrogens is 326 g/mol. The molecule has 6 heteroatoms. The molecule has 0 fully saturated rings. The molecule has 2 N–H and O–H groups in total. The van der Waals surface area contributed by atoms with Crippen LogP contribution in [-0.2, 0) is 24.2 Å². The number of nitriles is 1. The lowest BCUT2D eigenvalue weighted by molar-refractivity contribution is -0.116. The lowest BCUT2D eigenvalue weighted by Crippen LogP contribution is -2.11. The van der Waals surface area contributed by atoms with E-state index in [4.69, 9.17) is 0 Å². The number of carbonyl (C=O) groups is 1. The van der Waals surface area contributed by atoms with Gasteiger partial charge in [0.25, 0.3) is 0 Å². The van der Waals surface area contributed by atoms with Crippen molar-refractivity contribution >= 4 is 17.4 Å². The molecule has 1 aromatic heterocycles. The van der Waals surface area contributed by atoms with Crippen molar-refractivity contribution in [3.63, 3.8) is 0 Å². The highest BCUT2D eigenvalue weighted by atomic mass is 16.1. The fraction of sp³-hybridized carbons (Fsp3) is 0.400. The molecule has 6 nitrogen and oxygen atoms in total. The summed E-state index contributed by atoms with van der Waals surface area (Å²) in [6, 6.07) is 9.88. The second-order valence-corrected chi connectivity index (χ2v) is 6.02. The van der Waals surface area contributed by atoms with Gasteiger partial charge in [0.05, 0.1) is 5.69 Å². The maximum Gasteiger partial charge on any atom is 0.224 e. The van der Waals surface area contributed by atoms with Crippen LogP contribution in [0.1, 0.15) is 56.0 Å². The van der Waals surface area contributed by atoms with Crippen LogP contribution in [0.4, 0.5) is 11.5 Å². The molecule has 26 heavy (non-hydrogen) atoms. The first kappa shape index (κ1) is 19.4. The van der Waals surface area contributed by atoms with Gasteiger partial charge in [-0.05, 0) is 42.5 Å². The van der Waals surface area contributed by atoms with Crippen molar-refractivity contribution in [2.45, 2.75) is 53.0 Å². The lowest BCUT2D eigenvalue weighted by atomic mass is 10.0. The minimum atomic E-state index is 0.0235. The summed E-state index contributed by atoms with van der Waals surface area (Å²) in [5, 5.41) is 24.0. The van der Waals surface area contributed by atoms with Crippen molar-refractivity contribution in [2.75, 3.05) is 10.6 Å². The summed E-state index contributed by atoms with van der Waals surface area (Å²) >= 11 is 0. The van der Waals surface area contributed by atoms with Crippen LogP contribution >= 0.6 is 0 Å². The van der Waals surface area contributed by atoms with Crippen molar-refractivity contribution in [3.05, 3.63) is 46.6 Å². The van der Waals surface area contributed by atoms with Gasteiger partial charge in [-0.1, -0.05) is 32.9 Å². The summed E-state index contributed by atoms with van der Waals surface area (Å²) in [6.45, 7) is 6.54. The molecule has 0 atom stereocenters. The summed E-state index contributed by atoms with van der Waals surface area (Å²) in [5.41, 5.74) is 4.22. The number of hydrogen-bond acceptors (Lipinski definition) is 5. The molecule has 1 aromatic carbocycles. The predicted molar refractivity (Wildman–Crippen MR) is 103 cm³/mol. The first-order valence-corrected chi connectivity index (χ1v) is 9.04. The first-order valence-electron chi connectivity index (χ1n) is 9.04. The van der Waals surface area contributed by atoms with Crippen molar-refractivity contribution in [1.29, 1.82) is 5.26 Å². The standard InChI is InChI=1S/C20H25N5O/c1-4-7-19(26)23-15-10-8-14(9-11-15)13-22-20-17(12-21)16(5-2)18(6-3)24-25-20/h8-11H,4-7,13H2,1-3H3,(H,22,25)(H,23,26). The molecule has 2 aromatic rings. The average molecular weight is 351 g/mol. The normalized spacial score (nSPS) is 10.2. The fourth-order valence-corrected chi connectivity index (χ4v) is 2.76. The van der Waals surface area contributed by atoms with E-state index in [2.05, 4.69) is 26.9 Å². The second-order valence-electron chi connectivity index (χ2n) is 6.02. The van der Waals surface area contributed by atoms with E-state index >= 15 is 0 Å². The molecule has 0 bridgehead atoms. The largest absolute Gasteiger partial charge is 0.363 e. The molecule has 0 unspecified atom stereocenters. The summed E-state index contributed by atoms with van der Waals surface area (Å²) in [4.78, 5) is 11.6. The molecule has 0 saturated carbocycles. The molecule has 0 spiro atoms. The van der Waals surface area contributed by atoms with Gasteiger partial charge in [0.2, 0.25) is 5.91 Å². The van der Waals surface area contributed by atoms with Crippen LogP contribution in [0.25, 0.3) is 0 Å². The summed E-state index contributed by atoms with van der Waals surface area (Å²) < 4.78 is 0. The third-order valence-corrected chi connectivity index (χ3v) is 4.13. The van der Waals surface area contributed by atoms with Crippen LogP contribution in [0.3, 0.4) is 0 Å². The maximum atomic E-state index is 11.6. The van der Waals surface area contributed by atoms with Gasteiger partial charge < -0.3 is 10.6 Å². The number of benzene rings is 1. The number of nitrogens with one attached hydrogen (secondary N) is 2. The highest BCUT2D eigenvalue weighted by Crippen LogP contribution is 2.20. The third kappa shape index (κ3) is 4.79. The smallest absolute Gasteiger partial charge is 0.224 e. The summed E-state index contributed by atoms with van der Waals surface area (Å²) in [6.07, 6.45) is 2.86. The van der Waals surface area contributed by atoms with Gasteiger partial charge in [0.1, 0.15) is 11.6 Å². The molecular formula is C20H25N5O. The highest BCUT2D eigenvalue weighted by molar-refractivity contribution is 5.90. The van der Waals surface area contributed by atoms with Crippen LogP contribution in [0, 0.1) is 11.3 Å². The molecule has 1 amide bonds. The van der Waals surface area contributed by atoms with Gasteiger partial charge in [-0.3, -0.25) is 4.79 Å². The Morgan fingerprint density at radius 1 is 1.12 bits per heavy atom. The van der Waals surface area contributed by atoms with Gasteiger partial charge in [-0.2, -0.15) is 10.4 Å². The van der Waals surface area contributed by atoms with Crippen LogP contribution in [-0.4, -0.2) is 16.1 Å². The number of nitrogens with zero attached hydrogens (tertiary/aromatic N) is 3. The average Bonchev–Trinajstić information content (AvgIpc) is 2.66. The zero-order valence-corrected chi connectivity index (χ0v) is 15.6. The Balaban J connectivity index is 2.07. The number of carbonyl (C=O) groups excluding carboxylic acids is 1. The summed E-state index contributed by atoms with van der Waals surface area (Å²) in [5.74, 6) is 0.539. The predicted octanol–water partition coefficient (Wildman–Crippen LogP) is 3.82. The number of rotatable bonds is 8.